The van der Waals surface area contributed by atoms with Crippen LogP contribution in [-0.2, 0) is 16.0 Å². The molecule has 7 nitrogen and oxygen atoms in total. The first-order valence-electron chi connectivity index (χ1n) is 9.08. The number of aromatic hydroxyl groups is 1. The van der Waals surface area contributed by atoms with E-state index in [4.69, 9.17) is 9.47 Å². The van der Waals surface area contributed by atoms with Crippen LogP contribution in [0.25, 0.3) is 0 Å². The van der Waals surface area contributed by atoms with Crippen molar-refractivity contribution < 1.29 is 29.2 Å². The van der Waals surface area contributed by atoms with E-state index < -0.39 is 12.1 Å². The molecule has 0 fully saturated rings. The summed E-state index contributed by atoms with van der Waals surface area (Å²) in [6.45, 7) is 2.37. The summed E-state index contributed by atoms with van der Waals surface area (Å²) in [6.07, 6.45) is 0.0702. The maximum Gasteiger partial charge on any atom is 0.343 e. The number of carbonyl (C=O) groups is 1. The molecule has 0 aliphatic heterocycles. The van der Waals surface area contributed by atoms with Gasteiger partial charge in [0.2, 0.25) is 0 Å². The number of ether oxygens (including phenoxy) is 3. The molecule has 152 valence electrons. The Balaban J connectivity index is 1.69. The summed E-state index contributed by atoms with van der Waals surface area (Å²) in [5, 5.41) is 23.0. The van der Waals surface area contributed by atoms with Crippen molar-refractivity contribution in [3.8, 4) is 17.2 Å². The van der Waals surface area contributed by atoms with Crippen LogP contribution in [0, 0.1) is 0 Å². The molecule has 0 radical (unpaired) electrons. The summed E-state index contributed by atoms with van der Waals surface area (Å²) < 4.78 is 15.3. The molecule has 0 aliphatic carbocycles. The largest absolute Gasteiger partial charge is 0.504 e. The van der Waals surface area contributed by atoms with Gasteiger partial charge in [0, 0.05) is 12.6 Å². The van der Waals surface area contributed by atoms with E-state index in [-0.39, 0.29) is 25.0 Å². The summed E-state index contributed by atoms with van der Waals surface area (Å²) in [7, 11) is 1.32. The predicted octanol–water partition coefficient (Wildman–Crippen LogP) is 1.90. The molecular weight excluding hydrogens is 362 g/mol. The highest BCUT2D eigenvalue weighted by molar-refractivity contribution is 5.70. The van der Waals surface area contributed by atoms with Crippen LogP contribution in [0.15, 0.2) is 48.5 Å². The average molecular weight is 389 g/mol. The number of benzene rings is 2. The highest BCUT2D eigenvalue weighted by Gasteiger charge is 2.10. The molecule has 0 saturated carbocycles. The number of phenolic OH excluding ortho intramolecular Hbond substituents is 1. The predicted molar refractivity (Wildman–Crippen MR) is 105 cm³/mol. The van der Waals surface area contributed by atoms with Crippen molar-refractivity contribution in [2.24, 2.45) is 0 Å². The number of carbonyl (C=O) groups excluding carboxylic acids is 1. The number of aliphatic hydroxyl groups excluding tert-OH is 1. The molecule has 2 unspecified atom stereocenters. The molecule has 0 amide bonds. The molecule has 2 atom stereocenters. The minimum Gasteiger partial charge on any atom is -0.504 e. The standard InChI is InChI=1S/C21H27NO6/c1-15(11-16-7-9-18(10-8-16)27-14-21(25)26-2)22-12-17(23)13-28-20-6-4-3-5-19(20)24/h3-10,15,17,22-24H,11-14H2,1-2H3. The number of para-hydroxylation sites is 2. The highest BCUT2D eigenvalue weighted by atomic mass is 16.6. The van der Waals surface area contributed by atoms with Gasteiger partial charge in [0.15, 0.2) is 18.1 Å². The van der Waals surface area contributed by atoms with Gasteiger partial charge in [-0.25, -0.2) is 4.79 Å². The molecule has 2 aromatic carbocycles. The third-order valence-corrected chi connectivity index (χ3v) is 4.05. The quantitative estimate of drug-likeness (QED) is 0.505. The van der Waals surface area contributed by atoms with Crippen molar-refractivity contribution in [3.05, 3.63) is 54.1 Å². The molecule has 0 aliphatic rings. The number of phenols is 1. The summed E-state index contributed by atoms with van der Waals surface area (Å²) >= 11 is 0. The number of hydrogen-bond donors (Lipinski definition) is 3. The van der Waals surface area contributed by atoms with E-state index in [1.807, 2.05) is 19.1 Å². The number of nitrogens with one attached hydrogen (secondary N) is 1. The highest BCUT2D eigenvalue weighted by Crippen LogP contribution is 2.24. The van der Waals surface area contributed by atoms with Crippen LogP contribution in [0.3, 0.4) is 0 Å². The zero-order chi connectivity index (χ0) is 20.4. The summed E-state index contributed by atoms with van der Waals surface area (Å²) in [6, 6.07) is 14.3. The normalized spacial score (nSPS) is 12.8. The summed E-state index contributed by atoms with van der Waals surface area (Å²) in [4.78, 5) is 11.1. The van der Waals surface area contributed by atoms with Crippen molar-refractivity contribution in [1.82, 2.24) is 5.32 Å². The van der Waals surface area contributed by atoms with Gasteiger partial charge in [0.1, 0.15) is 18.5 Å². The minimum atomic E-state index is -0.698. The third-order valence-electron chi connectivity index (χ3n) is 4.05. The Bertz CT molecular complexity index is 734. The maximum absolute atomic E-state index is 11.1. The Morgan fingerprint density at radius 2 is 1.82 bits per heavy atom. The van der Waals surface area contributed by atoms with Crippen molar-refractivity contribution in [2.45, 2.75) is 25.5 Å². The molecule has 0 spiro atoms. The van der Waals surface area contributed by atoms with Crippen molar-refractivity contribution in [2.75, 3.05) is 26.9 Å². The molecule has 3 N–H and O–H groups in total. The molecule has 0 bridgehead atoms. The smallest absolute Gasteiger partial charge is 0.343 e. The monoisotopic (exact) mass is 389 g/mol. The second-order valence-electron chi connectivity index (χ2n) is 6.45. The van der Waals surface area contributed by atoms with Gasteiger partial charge in [0.05, 0.1) is 7.11 Å². The topological polar surface area (TPSA) is 97.3 Å². The van der Waals surface area contributed by atoms with Gasteiger partial charge in [-0.3, -0.25) is 0 Å². The average Bonchev–Trinajstić information content (AvgIpc) is 2.71. The van der Waals surface area contributed by atoms with E-state index in [9.17, 15) is 15.0 Å². The summed E-state index contributed by atoms with van der Waals surface area (Å²) in [5.74, 6) is 0.581. The van der Waals surface area contributed by atoms with Gasteiger partial charge in [0.25, 0.3) is 0 Å². The molecule has 7 heteroatoms. The lowest BCUT2D eigenvalue weighted by Gasteiger charge is -2.18. The molecular formula is C21H27NO6. The number of aliphatic hydroxyl groups is 1. The van der Waals surface area contributed by atoms with E-state index in [1.165, 1.54) is 13.2 Å². The molecule has 28 heavy (non-hydrogen) atoms. The molecule has 0 aromatic heterocycles. The Kier molecular flexibility index (Phi) is 8.58. The third kappa shape index (κ3) is 7.46. The molecule has 0 heterocycles. The first kappa shape index (κ1) is 21.5. The Morgan fingerprint density at radius 1 is 1.11 bits per heavy atom. The fourth-order valence-electron chi connectivity index (χ4n) is 2.51. The van der Waals surface area contributed by atoms with Crippen LogP contribution in [0.4, 0.5) is 0 Å². The number of esters is 1. The Morgan fingerprint density at radius 3 is 2.50 bits per heavy atom. The summed E-state index contributed by atoms with van der Waals surface area (Å²) in [5.41, 5.74) is 1.10. The first-order valence-corrected chi connectivity index (χ1v) is 9.08. The van der Waals surface area contributed by atoms with E-state index in [2.05, 4.69) is 10.1 Å². The van der Waals surface area contributed by atoms with Crippen molar-refractivity contribution >= 4 is 5.97 Å². The fourth-order valence-corrected chi connectivity index (χ4v) is 2.51. The van der Waals surface area contributed by atoms with Gasteiger partial charge in [-0.05, 0) is 43.2 Å². The second-order valence-corrected chi connectivity index (χ2v) is 6.45. The first-order chi connectivity index (χ1) is 13.5. The number of hydrogen-bond acceptors (Lipinski definition) is 7. The van der Waals surface area contributed by atoms with Crippen LogP contribution in [0.2, 0.25) is 0 Å². The van der Waals surface area contributed by atoms with Crippen LogP contribution in [0.5, 0.6) is 17.2 Å². The molecule has 0 saturated heterocycles. The second kappa shape index (κ2) is 11.2. The van der Waals surface area contributed by atoms with E-state index >= 15 is 0 Å². The van der Waals surface area contributed by atoms with Gasteiger partial charge in [-0.1, -0.05) is 24.3 Å². The zero-order valence-corrected chi connectivity index (χ0v) is 16.1. The lowest BCUT2D eigenvalue weighted by Crippen LogP contribution is -2.37. The lowest BCUT2D eigenvalue weighted by atomic mass is 10.1. The zero-order valence-electron chi connectivity index (χ0n) is 16.1. The Labute approximate surface area is 164 Å². The fraction of sp³-hybridized carbons (Fsp3) is 0.381. The van der Waals surface area contributed by atoms with Crippen LogP contribution < -0.4 is 14.8 Å². The van der Waals surface area contributed by atoms with Crippen molar-refractivity contribution in [1.29, 1.82) is 0 Å². The minimum absolute atomic E-state index is 0.0510. The van der Waals surface area contributed by atoms with Gasteiger partial charge in [-0.2, -0.15) is 0 Å². The maximum atomic E-state index is 11.1. The Hall–Kier alpha value is -2.77. The van der Waals surface area contributed by atoms with Crippen LogP contribution in [0.1, 0.15) is 12.5 Å². The van der Waals surface area contributed by atoms with Gasteiger partial charge in [-0.15, -0.1) is 0 Å². The van der Waals surface area contributed by atoms with Crippen LogP contribution in [-0.4, -0.2) is 55.2 Å². The van der Waals surface area contributed by atoms with Crippen LogP contribution >= 0.6 is 0 Å². The molecule has 2 rings (SSSR count). The van der Waals surface area contributed by atoms with E-state index in [1.54, 1.807) is 30.3 Å². The number of rotatable bonds is 11. The SMILES string of the molecule is COC(=O)COc1ccc(CC(C)NCC(O)COc2ccccc2O)cc1. The molecule has 2 aromatic rings. The van der Waals surface area contributed by atoms with Gasteiger partial charge >= 0.3 is 5.97 Å². The van der Waals surface area contributed by atoms with Crippen molar-refractivity contribution in [3.63, 3.8) is 0 Å². The van der Waals surface area contributed by atoms with E-state index in [0.29, 0.717) is 18.0 Å². The van der Waals surface area contributed by atoms with Gasteiger partial charge < -0.3 is 29.7 Å². The lowest BCUT2D eigenvalue weighted by molar-refractivity contribution is -0.142. The van der Waals surface area contributed by atoms with E-state index in [0.717, 1.165) is 12.0 Å². The number of methoxy groups -OCH3 is 1.